The molecule has 2 nitrogen and oxygen atoms in total. The molecule has 0 bridgehead atoms. The fraction of sp³-hybridized carbons (Fsp3) is 0.385. The molecule has 0 fully saturated rings. The zero-order chi connectivity index (χ0) is 11.2. The van der Waals surface area contributed by atoms with Crippen LogP contribution in [-0.4, -0.2) is 11.5 Å². The molecule has 0 aliphatic carbocycles. The van der Waals surface area contributed by atoms with Gasteiger partial charge in [-0.25, -0.2) is 0 Å². The van der Waals surface area contributed by atoms with E-state index in [1.165, 1.54) is 16.5 Å². The van der Waals surface area contributed by atoms with E-state index in [9.17, 15) is 0 Å². The smallest absolute Gasteiger partial charge is 0.134 e. The molecule has 16 heavy (non-hydrogen) atoms. The van der Waals surface area contributed by atoms with Crippen LogP contribution in [0.2, 0.25) is 0 Å². The molecule has 0 amide bonds. The Labute approximate surface area is 100.0 Å². The maximum absolute atomic E-state index is 6.62. The van der Waals surface area contributed by atoms with E-state index in [-0.39, 0.29) is 0 Å². The third kappa shape index (κ3) is 1.30. The summed E-state index contributed by atoms with van der Waals surface area (Å²) < 4.78 is 0. The molecule has 2 heterocycles. The Hall–Kier alpha value is -0.990. The highest BCUT2D eigenvalue weighted by molar-refractivity contribution is 6.24. The second kappa shape index (κ2) is 3.51. The highest BCUT2D eigenvalue weighted by atomic mass is 35.5. The molecule has 0 saturated carbocycles. The van der Waals surface area contributed by atoms with Crippen molar-refractivity contribution in [3.63, 3.8) is 0 Å². The molecule has 2 N–H and O–H groups in total. The fourth-order valence-corrected chi connectivity index (χ4v) is 2.83. The first-order valence-corrected chi connectivity index (χ1v) is 6.16. The van der Waals surface area contributed by atoms with Gasteiger partial charge in [-0.1, -0.05) is 36.7 Å². The first-order chi connectivity index (χ1) is 7.74. The molecule has 3 rings (SSSR count). The monoisotopic (exact) mass is 234 g/mol. The number of hydrogen-bond donors (Lipinski definition) is 2. The topological polar surface area (TPSA) is 27.8 Å². The summed E-state index contributed by atoms with van der Waals surface area (Å²) in [6.07, 6.45) is 1.93. The van der Waals surface area contributed by atoms with Crippen LogP contribution in [-0.2, 0) is 11.4 Å². The predicted molar refractivity (Wildman–Crippen MR) is 67.8 cm³/mol. The van der Waals surface area contributed by atoms with Crippen molar-refractivity contribution in [2.24, 2.45) is 0 Å². The van der Waals surface area contributed by atoms with Crippen LogP contribution in [0.15, 0.2) is 24.3 Å². The number of nitrogens with one attached hydrogen (secondary N) is 2. The minimum atomic E-state index is -0.410. The molecule has 0 radical (unpaired) electrons. The number of para-hydroxylation sites is 1. The highest BCUT2D eigenvalue weighted by Gasteiger charge is 2.34. The first kappa shape index (κ1) is 10.2. The second-order valence-electron chi connectivity index (χ2n) is 4.36. The molecular weight excluding hydrogens is 220 g/mol. The third-order valence-corrected chi connectivity index (χ3v) is 4.07. The molecule has 0 spiro atoms. The molecule has 2 aromatic rings. The van der Waals surface area contributed by atoms with E-state index in [2.05, 4.69) is 41.5 Å². The van der Waals surface area contributed by atoms with Gasteiger partial charge in [0.25, 0.3) is 0 Å². The number of alkyl halides is 1. The van der Waals surface area contributed by atoms with E-state index in [1.54, 1.807) is 0 Å². The van der Waals surface area contributed by atoms with Gasteiger partial charge in [0.1, 0.15) is 5.00 Å². The van der Waals surface area contributed by atoms with Crippen LogP contribution in [0, 0.1) is 0 Å². The number of halogens is 1. The average molecular weight is 235 g/mol. The standard InChI is InChI=1S/C13H15ClN2/c1-2-13(14)12-10(7-8-15-13)9-5-3-4-6-11(9)16-12/h3-6,15-16H,2,7-8H2,1H3. The number of benzene rings is 1. The average Bonchev–Trinajstić information content (AvgIpc) is 2.70. The van der Waals surface area contributed by atoms with Crippen molar-refractivity contribution >= 4 is 22.5 Å². The number of rotatable bonds is 1. The lowest BCUT2D eigenvalue weighted by Crippen LogP contribution is -2.42. The van der Waals surface area contributed by atoms with Crippen LogP contribution in [0.5, 0.6) is 0 Å². The maximum Gasteiger partial charge on any atom is 0.134 e. The van der Waals surface area contributed by atoms with E-state index < -0.39 is 5.00 Å². The molecule has 1 aromatic heterocycles. The molecule has 1 unspecified atom stereocenters. The van der Waals surface area contributed by atoms with Gasteiger partial charge in [0.05, 0.1) is 5.69 Å². The number of hydrogen-bond acceptors (Lipinski definition) is 1. The van der Waals surface area contributed by atoms with Gasteiger partial charge in [-0.2, -0.15) is 0 Å². The van der Waals surface area contributed by atoms with Crippen molar-refractivity contribution in [3.8, 4) is 0 Å². The van der Waals surface area contributed by atoms with Crippen LogP contribution < -0.4 is 5.32 Å². The third-order valence-electron chi connectivity index (χ3n) is 3.48. The van der Waals surface area contributed by atoms with Crippen LogP contribution in [0.25, 0.3) is 10.9 Å². The predicted octanol–water partition coefficient (Wildman–Crippen LogP) is 3.12. The fourth-order valence-electron chi connectivity index (χ4n) is 2.57. The Bertz CT molecular complexity index is 532. The van der Waals surface area contributed by atoms with Gasteiger partial charge in [-0.3, -0.25) is 5.32 Å². The van der Waals surface area contributed by atoms with Gasteiger partial charge in [0.2, 0.25) is 0 Å². The van der Waals surface area contributed by atoms with Crippen molar-refractivity contribution < 1.29 is 0 Å². The summed E-state index contributed by atoms with van der Waals surface area (Å²) in [4.78, 5) is 3.05. The zero-order valence-electron chi connectivity index (χ0n) is 9.31. The summed E-state index contributed by atoms with van der Waals surface area (Å²) in [5.74, 6) is 0. The van der Waals surface area contributed by atoms with Crippen LogP contribution in [0.3, 0.4) is 0 Å². The van der Waals surface area contributed by atoms with Gasteiger partial charge in [0, 0.05) is 17.4 Å². The van der Waals surface area contributed by atoms with E-state index in [4.69, 9.17) is 11.6 Å². The molecule has 84 valence electrons. The Morgan fingerprint density at radius 3 is 3.00 bits per heavy atom. The second-order valence-corrected chi connectivity index (χ2v) is 5.00. The van der Waals surface area contributed by atoms with E-state index in [1.807, 2.05) is 0 Å². The lowest BCUT2D eigenvalue weighted by atomic mass is 9.97. The number of fused-ring (bicyclic) bond motifs is 3. The summed E-state index contributed by atoms with van der Waals surface area (Å²) >= 11 is 6.62. The van der Waals surface area contributed by atoms with Crippen molar-refractivity contribution in [2.45, 2.75) is 24.8 Å². The highest BCUT2D eigenvalue weighted by Crippen LogP contribution is 2.38. The van der Waals surface area contributed by atoms with E-state index >= 15 is 0 Å². The lowest BCUT2D eigenvalue weighted by Gasteiger charge is -2.31. The molecular formula is C13H15ClN2. The molecule has 1 aromatic carbocycles. The minimum absolute atomic E-state index is 0.410. The summed E-state index contributed by atoms with van der Waals surface area (Å²) in [5, 5.41) is 4.71. The summed E-state index contributed by atoms with van der Waals surface area (Å²) in [5.41, 5.74) is 3.73. The molecule has 1 aliphatic rings. The molecule has 3 heteroatoms. The van der Waals surface area contributed by atoms with Crippen molar-refractivity contribution in [1.29, 1.82) is 0 Å². The van der Waals surface area contributed by atoms with E-state index in [0.29, 0.717) is 0 Å². The molecule has 1 atom stereocenters. The van der Waals surface area contributed by atoms with Gasteiger partial charge < -0.3 is 4.98 Å². The summed E-state index contributed by atoms with van der Waals surface area (Å²) in [6, 6.07) is 8.42. The number of aromatic amines is 1. The molecule has 1 aliphatic heterocycles. The summed E-state index contributed by atoms with van der Waals surface area (Å²) in [7, 11) is 0. The number of aromatic nitrogens is 1. The SMILES string of the molecule is CCC1(Cl)NCCc2c1[nH]c1ccccc21. The van der Waals surface area contributed by atoms with Crippen molar-refractivity contribution in [3.05, 3.63) is 35.5 Å². The Kier molecular flexibility index (Phi) is 2.23. The Morgan fingerprint density at radius 1 is 1.38 bits per heavy atom. The Morgan fingerprint density at radius 2 is 2.19 bits per heavy atom. The van der Waals surface area contributed by atoms with Gasteiger partial charge in [0.15, 0.2) is 0 Å². The molecule has 0 saturated heterocycles. The van der Waals surface area contributed by atoms with Gasteiger partial charge >= 0.3 is 0 Å². The van der Waals surface area contributed by atoms with Gasteiger partial charge in [-0.15, -0.1) is 0 Å². The Balaban J connectivity index is 2.29. The normalized spacial score (nSPS) is 24.6. The van der Waals surface area contributed by atoms with Crippen molar-refractivity contribution in [2.75, 3.05) is 6.54 Å². The summed E-state index contributed by atoms with van der Waals surface area (Å²) in [6.45, 7) is 3.06. The minimum Gasteiger partial charge on any atom is -0.356 e. The lowest BCUT2D eigenvalue weighted by molar-refractivity contribution is 0.427. The quantitative estimate of drug-likeness (QED) is 0.576. The number of H-pyrrole nitrogens is 1. The first-order valence-electron chi connectivity index (χ1n) is 5.78. The van der Waals surface area contributed by atoms with E-state index in [0.717, 1.165) is 25.1 Å². The van der Waals surface area contributed by atoms with Gasteiger partial charge in [-0.05, 0) is 24.5 Å². The maximum atomic E-state index is 6.62. The van der Waals surface area contributed by atoms with Crippen LogP contribution in [0.4, 0.5) is 0 Å². The zero-order valence-corrected chi connectivity index (χ0v) is 10.1. The van der Waals surface area contributed by atoms with Crippen LogP contribution >= 0.6 is 11.6 Å². The van der Waals surface area contributed by atoms with Crippen LogP contribution in [0.1, 0.15) is 24.6 Å². The van der Waals surface area contributed by atoms with Crippen molar-refractivity contribution in [1.82, 2.24) is 10.3 Å². The largest absolute Gasteiger partial charge is 0.356 e.